The van der Waals surface area contributed by atoms with Crippen LogP contribution in [0.15, 0.2) is 53.4 Å². The highest BCUT2D eigenvalue weighted by molar-refractivity contribution is 7.07. The molecule has 0 bridgehead atoms. The number of hydrogen-bond acceptors (Lipinski definition) is 4. The first-order chi connectivity index (χ1) is 9.83. The van der Waals surface area contributed by atoms with Crippen molar-refractivity contribution in [2.75, 3.05) is 0 Å². The molecule has 0 unspecified atom stereocenters. The summed E-state index contributed by atoms with van der Waals surface area (Å²) in [5.41, 5.74) is 3.28. The number of hydrogen-bond donors (Lipinski definition) is 1. The molecule has 0 aliphatic heterocycles. The van der Waals surface area contributed by atoms with Crippen LogP contribution >= 0.6 is 11.3 Å². The zero-order chi connectivity index (χ0) is 13.8. The number of rotatable bonds is 5. The standard InChI is InChI=1S/C15H16N4S/c1-12(16-9-13-7-8-20-11-13)15-10-19(18-17-15)14-5-3-2-4-6-14/h2-8,10-12,16H,9H2,1H3/t12-/m0/s1. The molecule has 1 atom stereocenters. The Bertz CT molecular complexity index is 646. The zero-order valence-electron chi connectivity index (χ0n) is 11.2. The Hall–Kier alpha value is -1.98. The van der Waals surface area contributed by atoms with E-state index in [1.807, 2.05) is 36.5 Å². The second kappa shape index (κ2) is 5.98. The Morgan fingerprint density at radius 3 is 2.85 bits per heavy atom. The summed E-state index contributed by atoms with van der Waals surface area (Å²) in [6.07, 6.45) is 1.97. The van der Waals surface area contributed by atoms with E-state index in [0.29, 0.717) is 0 Å². The molecule has 0 saturated carbocycles. The van der Waals surface area contributed by atoms with E-state index in [4.69, 9.17) is 0 Å². The molecule has 1 N–H and O–H groups in total. The van der Waals surface area contributed by atoms with Crippen LogP contribution in [0, 0.1) is 0 Å². The van der Waals surface area contributed by atoms with Crippen molar-refractivity contribution in [3.63, 3.8) is 0 Å². The fourth-order valence-corrected chi connectivity index (χ4v) is 2.62. The maximum absolute atomic E-state index is 4.25. The molecule has 1 aromatic carbocycles. The van der Waals surface area contributed by atoms with Crippen molar-refractivity contribution in [3.8, 4) is 5.69 Å². The highest BCUT2D eigenvalue weighted by Crippen LogP contribution is 2.13. The van der Waals surface area contributed by atoms with Crippen LogP contribution in [0.5, 0.6) is 0 Å². The molecule has 0 fully saturated rings. The monoisotopic (exact) mass is 284 g/mol. The van der Waals surface area contributed by atoms with Crippen LogP contribution in [0.2, 0.25) is 0 Å². The van der Waals surface area contributed by atoms with Crippen molar-refractivity contribution in [2.45, 2.75) is 19.5 Å². The number of benzene rings is 1. The Balaban J connectivity index is 1.67. The van der Waals surface area contributed by atoms with Gasteiger partial charge < -0.3 is 5.32 Å². The molecule has 2 aromatic heterocycles. The Morgan fingerprint density at radius 1 is 1.25 bits per heavy atom. The molecule has 4 nitrogen and oxygen atoms in total. The van der Waals surface area contributed by atoms with Gasteiger partial charge in [-0.25, -0.2) is 4.68 Å². The van der Waals surface area contributed by atoms with Crippen LogP contribution in [-0.2, 0) is 6.54 Å². The van der Waals surface area contributed by atoms with Crippen LogP contribution in [0.1, 0.15) is 24.2 Å². The molecular formula is C15H16N4S. The normalized spacial score (nSPS) is 12.4. The zero-order valence-corrected chi connectivity index (χ0v) is 12.0. The van der Waals surface area contributed by atoms with Gasteiger partial charge in [0.05, 0.1) is 23.6 Å². The van der Waals surface area contributed by atoms with Crippen molar-refractivity contribution in [3.05, 3.63) is 64.6 Å². The third kappa shape index (κ3) is 2.95. The average Bonchev–Trinajstić information content (AvgIpc) is 3.17. The number of para-hydroxylation sites is 1. The molecule has 0 spiro atoms. The molecule has 0 amide bonds. The van der Waals surface area contributed by atoms with Crippen molar-refractivity contribution >= 4 is 11.3 Å². The van der Waals surface area contributed by atoms with E-state index >= 15 is 0 Å². The van der Waals surface area contributed by atoms with Crippen molar-refractivity contribution in [1.29, 1.82) is 0 Å². The molecule has 0 radical (unpaired) electrons. The predicted octanol–water partition coefficient (Wildman–Crippen LogP) is 3.18. The average molecular weight is 284 g/mol. The largest absolute Gasteiger partial charge is 0.305 e. The van der Waals surface area contributed by atoms with Crippen LogP contribution in [0.25, 0.3) is 5.69 Å². The molecule has 3 aromatic rings. The minimum absolute atomic E-state index is 0.173. The van der Waals surface area contributed by atoms with E-state index in [9.17, 15) is 0 Å². The number of nitrogens with zero attached hydrogens (tertiary/aromatic N) is 3. The first kappa shape index (κ1) is 13.0. The molecule has 2 heterocycles. The van der Waals surface area contributed by atoms with Crippen molar-refractivity contribution in [2.24, 2.45) is 0 Å². The smallest absolute Gasteiger partial charge is 0.0998 e. The summed E-state index contributed by atoms with van der Waals surface area (Å²) in [4.78, 5) is 0. The van der Waals surface area contributed by atoms with Gasteiger partial charge in [-0.1, -0.05) is 23.4 Å². The Kier molecular flexibility index (Phi) is 3.90. The van der Waals surface area contributed by atoms with Crippen LogP contribution in [-0.4, -0.2) is 15.0 Å². The van der Waals surface area contributed by atoms with Gasteiger partial charge in [0.2, 0.25) is 0 Å². The van der Waals surface area contributed by atoms with E-state index in [1.54, 1.807) is 16.0 Å². The van der Waals surface area contributed by atoms with Gasteiger partial charge in [-0.15, -0.1) is 5.10 Å². The van der Waals surface area contributed by atoms with Gasteiger partial charge in [0.15, 0.2) is 0 Å². The van der Waals surface area contributed by atoms with E-state index in [2.05, 4.69) is 39.4 Å². The fourth-order valence-electron chi connectivity index (χ4n) is 1.95. The maximum atomic E-state index is 4.25. The molecule has 0 aliphatic rings. The minimum atomic E-state index is 0.173. The lowest BCUT2D eigenvalue weighted by Gasteiger charge is -2.09. The van der Waals surface area contributed by atoms with Gasteiger partial charge in [0.25, 0.3) is 0 Å². The molecule has 3 rings (SSSR count). The summed E-state index contributed by atoms with van der Waals surface area (Å²) in [7, 11) is 0. The third-order valence-corrected chi connectivity index (χ3v) is 3.90. The Morgan fingerprint density at radius 2 is 2.10 bits per heavy atom. The highest BCUT2D eigenvalue weighted by Gasteiger charge is 2.10. The summed E-state index contributed by atoms with van der Waals surface area (Å²) in [5.74, 6) is 0. The van der Waals surface area contributed by atoms with Crippen molar-refractivity contribution in [1.82, 2.24) is 20.3 Å². The van der Waals surface area contributed by atoms with E-state index in [1.165, 1.54) is 5.56 Å². The molecule has 102 valence electrons. The maximum Gasteiger partial charge on any atom is 0.0998 e. The van der Waals surface area contributed by atoms with Crippen LogP contribution in [0.4, 0.5) is 0 Å². The predicted molar refractivity (Wildman–Crippen MR) is 80.9 cm³/mol. The van der Waals surface area contributed by atoms with Crippen LogP contribution < -0.4 is 5.32 Å². The third-order valence-electron chi connectivity index (χ3n) is 3.17. The summed E-state index contributed by atoms with van der Waals surface area (Å²) in [5, 5.41) is 16.1. The minimum Gasteiger partial charge on any atom is -0.305 e. The topological polar surface area (TPSA) is 42.7 Å². The van der Waals surface area contributed by atoms with Gasteiger partial charge in [-0.05, 0) is 41.4 Å². The number of thiophene rings is 1. The van der Waals surface area contributed by atoms with Gasteiger partial charge in [-0.2, -0.15) is 11.3 Å². The summed E-state index contributed by atoms with van der Waals surface area (Å²) >= 11 is 1.72. The van der Waals surface area contributed by atoms with E-state index in [-0.39, 0.29) is 6.04 Å². The SMILES string of the molecule is C[C@H](NCc1ccsc1)c1cn(-c2ccccc2)nn1. The lowest BCUT2D eigenvalue weighted by molar-refractivity contribution is 0.561. The van der Waals surface area contributed by atoms with Crippen molar-refractivity contribution < 1.29 is 0 Å². The number of nitrogens with one attached hydrogen (secondary N) is 1. The first-order valence-electron chi connectivity index (χ1n) is 6.55. The summed E-state index contributed by atoms with van der Waals surface area (Å²) in [6.45, 7) is 2.95. The Labute approximate surface area is 122 Å². The van der Waals surface area contributed by atoms with Gasteiger partial charge in [0.1, 0.15) is 0 Å². The molecule has 0 aliphatic carbocycles. The quantitative estimate of drug-likeness (QED) is 0.782. The molecule has 20 heavy (non-hydrogen) atoms. The molecular weight excluding hydrogens is 268 g/mol. The van der Waals surface area contributed by atoms with Gasteiger partial charge in [0, 0.05) is 6.54 Å². The van der Waals surface area contributed by atoms with Crippen LogP contribution in [0.3, 0.4) is 0 Å². The van der Waals surface area contributed by atoms with E-state index < -0.39 is 0 Å². The molecule has 0 saturated heterocycles. The second-order valence-corrected chi connectivity index (χ2v) is 5.44. The molecule has 5 heteroatoms. The highest BCUT2D eigenvalue weighted by atomic mass is 32.1. The summed E-state index contributed by atoms with van der Waals surface area (Å²) < 4.78 is 1.80. The lowest BCUT2D eigenvalue weighted by Crippen LogP contribution is -2.18. The lowest BCUT2D eigenvalue weighted by atomic mass is 10.2. The second-order valence-electron chi connectivity index (χ2n) is 4.66. The fraction of sp³-hybridized carbons (Fsp3) is 0.200. The summed E-state index contributed by atoms with van der Waals surface area (Å²) in [6, 6.07) is 12.3. The van der Waals surface area contributed by atoms with Gasteiger partial charge in [-0.3, -0.25) is 0 Å². The van der Waals surface area contributed by atoms with Gasteiger partial charge >= 0.3 is 0 Å². The van der Waals surface area contributed by atoms with E-state index in [0.717, 1.165) is 17.9 Å². The number of aromatic nitrogens is 3. The first-order valence-corrected chi connectivity index (χ1v) is 7.49.